The summed E-state index contributed by atoms with van der Waals surface area (Å²) in [5, 5.41) is 4.54. The average molecular weight is 281 g/mol. The summed E-state index contributed by atoms with van der Waals surface area (Å²) in [5.41, 5.74) is 2.23. The molecule has 1 aromatic carbocycles. The van der Waals surface area contributed by atoms with E-state index >= 15 is 0 Å². The quantitative estimate of drug-likeness (QED) is 0.845. The van der Waals surface area contributed by atoms with Gasteiger partial charge in [0.05, 0.1) is 10.0 Å². The molecule has 0 aliphatic heterocycles. The monoisotopic (exact) mass is 280 g/mol. The smallest absolute Gasteiger partial charge is 0.0595 e. The van der Waals surface area contributed by atoms with Gasteiger partial charge in [-0.2, -0.15) is 0 Å². The van der Waals surface area contributed by atoms with Crippen LogP contribution < -0.4 is 5.32 Å². The van der Waals surface area contributed by atoms with E-state index in [-0.39, 0.29) is 0 Å². The molecule has 1 N–H and O–H groups in total. The van der Waals surface area contributed by atoms with E-state index in [9.17, 15) is 0 Å². The van der Waals surface area contributed by atoms with E-state index in [1.807, 2.05) is 42.6 Å². The molecule has 1 aromatic heterocycles. The predicted octanol–water partition coefficient (Wildman–Crippen LogP) is 3.72. The largest absolute Gasteiger partial charge is 0.312 e. The van der Waals surface area contributed by atoms with Crippen molar-refractivity contribution in [1.29, 1.82) is 0 Å². The van der Waals surface area contributed by atoms with Crippen molar-refractivity contribution in [3.63, 3.8) is 0 Å². The zero-order valence-corrected chi connectivity index (χ0v) is 11.4. The van der Waals surface area contributed by atoms with E-state index < -0.39 is 0 Å². The Morgan fingerprint density at radius 3 is 2.67 bits per heavy atom. The zero-order valence-electron chi connectivity index (χ0n) is 9.87. The van der Waals surface area contributed by atoms with Crippen LogP contribution in [0.4, 0.5) is 0 Å². The van der Waals surface area contributed by atoms with Gasteiger partial charge in [-0.3, -0.25) is 4.98 Å². The minimum absolute atomic E-state index is 0.592. The SMILES string of the molecule is Clc1ccc(CNCCc2ccccn2)cc1Cl. The van der Waals surface area contributed by atoms with Gasteiger partial charge in [-0.25, -0.2) is 0 Å². The summed E-state index contributed by atoms with van der Waals surface area (Å²) in [6.07, 6.45) is 2.73. The highest BCUT2D eigenvalue weighted by molar-refractivity contribution is 6.42. The third kappa shape index (κ3) is 3.98. The summed E-state index contributed by atoms with van der Waals surface area (Å²) in [7, 11) is 0. The van der Waals surface area contributed by atoms with Crippen LogP contribution in [0.5, 0.6) is 0 Å². The van der Waals surface area contributed by atoms with Crippen LogP contribution in [0.15, 0.2) is 42.6 Å². The van der Waals surface area contributed by atoms with Crippen LogP contribution in [0, 0.1) is 0 Å². The Labute approximate surface area is 117 Å². The van der Waals surface area contributed by atoms with Crippen LogP contribution in [-0.2, 0) is 13.0 Å². The van der Waals surface area contributed by atoms with Crippen LogP contribution in [-0.4, -0.2) is 11.5 Å². The Morgan fingerprint density at radius 1 is 1.06 bits per heavy atom. The van der Waals surface area contributed by atoms with E-state index in [0.717, 1.165) is 30.8 Å². The van der Waals surface area contributed by atoms with Crippen molar-refractivity contribution < 1.29 is 0 Å². The highest BCUT2D eigenvalue weighted by Crippen LogP contribution is 2.22. The summed E-state index contributed by atoms with van der Waals surface area (Å²) in [6, 6.07) is 11.6. The maximum absolute atomic E-state index is 5.95. The fourth-order valence-corrected chi connectivity index (χ4v) is 1.97. The van der Waals surface area contributed by atoms with Crippen molar-refractivity contribution in [2.75, 3.05) is 6.54 Å². The number of nitrogens with one attached hydrogen (secondary N) is 1. The molecule has 0 fully saturated rings. The first kappa shape index (κ1) is 13.3. The minimum Gasteiger partial charge on any atom is -0.312 e. The second-order valence-electron chi connectivity index (χ2n) is 4.00. The standard InChI is InChI=1S/C14H14Cl2N2/c15-13-5-4-11(9-14(13)16)10-17-8-6-12-3-1-2-7-18-12/h1-5,7,9,17H,6,8,10H2. The Hall–Kier alpha value is -1.09. The molecule has 0 unspecified atom stereocenters. The number of hydrogen-bond acceptors (Lipinski definition) is 2. The van der Waals surface area contributed by atoms with Gasteiger partial charge < -0.3 is 5.32 Å². The molecule has 4 heteroatoms. The van der Waals surface area contributed by atoms with E-state index in [1.165, 1.54) is 0 Å². The lowest BCUT2D eigenvalue weighted by atomic mass is 10.2. The molecule has 0 bridgehead atoms. The van der Waals surface area contributed by atoms with Gasteiger partial charge in [-0.1, -0.05) is 35.3 Å². The first-order valence-electron chi connectivity index (χ1n) is 5.80. The van der Waals surface area contributed by atoms with Crippen molar-refractivity contribution in [3.05, 3.63) is 63.9 Å². The minimum atomic E-state index is 0.592. The first-order valence-corrected chi connectivity index (χ1v) is 6.56. The first-order chi connectivity index (χ1) is 8.75. The van der Waals surface area contributed by atoms with Crippen LogP contribution in [0.2, 0.25) is 10.0 Å². The molecule has 0 aliphatic carbocycles. The normalized spacial score (nSPS) is 10.6. The van der Waals surface area contributed by atoms with E-state index in [1.54, 1.807) is 0 Å². The van der Waals surface area contributed by atoms with Gasteiger partial charge in [0.2, 0.25) is 0 Å². The number of benzene rings is 1. The molecule has 2 nitrogen and oxygen atoms in total. The number of pyridine rings is 1. The van der Waals surface area contributed by atoms with Crippen molar-refractivity contribution >= 4 is 23.2 Å². The topological polar surface area (TPSA) is 24.9 Å². The summed E-state index contributed by atoms with van der Waals surface area (Å²) in [6.45, 7) is 1.67. The predicted molar refractivity (Wildman–Crippen MR) is 76.1 cm³/mol. The molecular weight excluding hydrogens is 267 g/mol. The molecule has 0 amide bonds. The van der Waals surface area contributed by atoms with Crippen molar-refractivity contribution in [3.8, 4) is 0 Å². The van der Waals surface area contributed by atoms with Gasteiger partial charge in [0.25, 0.3) is 0 Å². The van der Waals surface area contributed by atoms with Gasteiger partial charge in [0, 0.05) is 31.4 Å². The molecule has 0 aliphatic rings. The molecule has 0 spiro atoms. The second kappa shape index (κ2) is 6.74. The van der Waals surface area contributed by atoms with Gasteiger partial charge in [0.1, 0.15) is 0 Å². The highest BCUT2D eigenvalue weighted by atomic mass is 35.5. The molecule has 1 heterocycles. The van der Waals surface area contributed by atoms with Crippen molar-refractivity contribution in [1.82, 2.24) is 10.3 Å². The summed E-state index contributed by atoms with van der Waals surface area (Å²) in [5.74, 6) is 0. The van der Waals surface area contributed by atoms with E-state index in [0.29, 0.717) is 10.0 Å². The Morgan fingerprint density at radius 2 is 1.94 bits per heavy atom. The Bertz CT molecular complexity index is 500. The third-order valence-electron chi connectivity index (χ3n) is 2.60. The lowest BCUT2D eigenvalue weighted by Gasteiger charge is -2.05. The molecular formula is C14H14Cl2N2. The van der Waals surface area contributed by atoms with Crippen molar-refractivity contribution in [2.45, 2.75) is 13.0 Å². The molecule has 94 valence electrons. The fraction of sp³-hybridized carbons (Fsp3) is 0.214. The molecule has 0 saturated heterocycles. The van der Waals surface area contributed by atoms with Gasteiger partial charge in [0.15, 0.2) is 0 Å². The molecule has 0 atom stereocenters. The van der Waals surface area contributed by atoms with Gasteiger partial charge >= 0.3 is 0 Å². The van der Waals surface area contributed by atoms with Crippen LogP contribution in [0.25, 0.3) is 0 Å². The van der Waals surface area contributed by atoms with Crippen LogP contribution in [0.3, 0.4) is 0 Å². The second-order valence-corrected chi connectivity index (χ2v) is 4.81. The molecule has 18 heavy (non-hydrogen) atoms. The Kier molecular flexibility index (Phi) is 5.00. The maximum Gasteiger partial charge on any atom is 0.0595 e. The van der Waals surface area contributed by atoms with E-state index in [2.05, 4.69) is 10.3 Å². The maximum atomic E-state index is 5.95. The van der Waals surface area contributed by atoms with Crippen LogP contribution >= 0.6 is 23.2 Å². The number of rotatable bonds is 5. The molecule has 0 radical (unpaired) electrons. The lowest BCUT2D eigenvalue weighted by molar-refractivity contribution is 0.680. The van der Waals surface area contributed by atoms with Crippen LogP contribution in [0.1, 0.15) is 11.3 Å². The van der Waals surface area contributed by atoms with E-state index in [4.69, 9.17) is 23.2 Å². The van der Waals surface area contributed by atoms with Gasteiger partial charge in [-0.15, -0.1) is 0 Å². The van der Waals surface area contributed by atoms with Crippen molar-refractivity contribution in [2.24, 2.45) is 0 Å². The lowest BCUT2D eigenvalue weighted by Crippen LogP contribution is -2.17. The summed E-state index contributed by atoms with van der Waals surface area (Å²) >= 11 is 11.8. The number of nitrogens with zero attached hydrogens (tertiary/aromatic N) is 1. The number of aromatic nitrogens is 1. The average Bonchev–Trinajstić information content (AvgIpc) is 2.40. The molecule has 2 rings (SSSR count). The number of halogens is 2. The molecule has 0 saturated carbocycles. The zero-order chi connectivity index (χ0) is 12.8. The highest BCUT2D eigenvalue weighted by Gasteiger charge is 1.99. The third-order valence-corrected chi connectivity index (χ3v) is 3.34. The van der Waals surface area contributed by atoms with Gasteiger partial charge in [-0.05, 0) is 29.8 Å². The number of hydrogen-bond donors (Lipinski definition) is 1. The summed E-state index contributed by atoms with van der Waals surface area (Å²) in [4.78, 5) is 4.27. The summed E-state index contributed by atoms with van der Waals surface area (Å²) < 4.78 is 0. The Balaban J connectivity index is 1.77. The molecule has 2 aromatic rings. The fourth-order valence-electron chi connectivity index (χ4n) is 1.64.